The molecule has 158 valence electrons. The lowest BCUT2D eigenvalue weighted by molar-refractivity contribution is -0.136. The molecule has 8 heteroatoms. The third-order valence-electron chi connectivity index (χ3n) is 6.35. The summed E-state index contributed by atoms with van der Waals surface area (Å²) in [7, 11) is 0. The van der Waals surface area contributed by atoms with Gasteiger partial charge >= 0.3 is 0 Å². The van der Waals surface area contributed by atoms with Crippen molar-refractivity contribution >= 4 is 22.6 Å². The van der Waals surface area contributed by atoms with E-state index in [9.17, 15) is 10.1 Å². The number of nitrogens with zero attached hydrogens (tertiary/aromatic N) is 6. The zero-order chi connectivity index (χ0) is 22.3. The lowest BCUT2D eigenvalue weighted by Gasteiger charge is -2.47. The molecule has 1 N–H and O–H groups in total. The Balaban J connectivity index is 1.43. The molecule has 32 heavy (non-hydrogen) atoms. The minimum Gasteiger partial charge on any atom is -0.355 e. The van der Waals surface area contributed by atoms with Gasteiger partial charge in [-0.1, -0.05) is 18.6 Å². The standard InChI is InChI=1S/C24H21N7O/c1-3-22(32)31-13-24(14-31)8-9-30(12-24)23-18(10-25)20(26-15-27-23)7-5-17-16(2)4-6-21-19(17)11-28-29-21/h3-4,6,11,15H,1,8-9,12-14H2,2H3,(H,28,29). The summed E-state index contributed by atoms with van der Waals surface area (Å²) in [6.45, 7) is 8.51. The van der Waals surface area contributed by atoms with Crippen LogP contribution in [0.3, 0.4) is 0 Å². The first-order valence-electron chi connectivity index (χ1n) is 10.4. The van der Waals surface area contributed by atoms with Crippen LogP contribution in [0.5, 0.6) is 0 Å². The van der Waals surface area contributed by atoms with Crippen molar-refractivity contribution in [2.24, 2.45) is 5.41 Å². The van der Waals surface area contributed by atoms with Crippen molar-refractivity contribution in [1.29, 1.82) is 5.26 Å². The monoisotopic (exact) mass is 423 g/mol. The van der Waals surface area contributed by atoms with E-state index in [0.717, 1.165) is 41.5 Å². The lowest BCUT2D eigenvalue weighted by Crippen LogP contribution is -2.59. The molecule has 0 radical (unpaired) electrons. The Morgan fingerprint density at radius 2 is 2.09 bits per heavy atom. The highest BCUT2D eigenvalue weighted by Crippen LogP contribution is 2.41. The number of carbonyl (C=O) groups excluding carboxylic acids is 1. The Labute approximate surface area is 185 Å². The summed E-state index contributed by atoms with van der Waals surface area (Å²) in [6.07, 6.45) is 5.52. The van der Waals surface area contributed by atoms with Crippen molar-refractivity contribution in [3.05, 3.63) is 59.7 Å². The number of aromatic nitrogens is 4. The molecule has 0 bridgehead atoms. The van der Waals surface area contributed by atoms with E-state index in [4.69, 9.17) is 0 Å². The Morgan fingerprint density at radius 1 is 1.25 bits per heavy atom. The van der Waals surface area contributed by atoms with E-state index >= 15 is 0 Å². The predicted molar refractivity (Wildman–Crippen MR) is 120 cm³/mol. The van der Waals surface area contributed by atoms with Gasteiger partial charge in [0.1, 0.15) is 23.7 Å². The fourth-order valence-electron chi connectivity index (χ4n) is 4.65. The van der Waals surface area contributed by atoms with Crippen LogP contribution in [0.25, 0.3) is 10.9 Å². The number of fused-ring (bicyclic) bond motifs is 1. The Morgan fingerprint density at radius 3 is 2.88 bits per heavy atom. The molecule has 1 aromatic carbocycles. The number of amides is 1. The number of carbonyl (C=O) groups is 1. The maximum Gasteiger partial charge on any atom is 0.245 e. The first-order chi connectivity index (χ1) is 15.5. The van der Waals surface area contributed by atoms with Gasteiger partial charge in [-0.15, -0.1) is 0 Å². The largest absolute Gasteiger partial charge is 0.355 e. The molecular formula is C24H21N7O. The molecule has 0 unspecified atom stereocenters. The molecular weight excluding hydrogens is 402 g/mol. The third-order valence-corrected chi connectivity index (χ3v) is 6.35. The smallest absolute Gasteiger partial charge is 0.245 e. The number of nitrogens with one attached hydrogen (secondary N) is 1. The molecule has 8 nitrogen and oxygen atoms in total. The zero-order valence-corrected chi connectivity index (χ0v) is 17.7. The van der Waals surface area contributed by atoms with Crippen molar-refractivity contribution in [2.75, 3.05) is 31.1 Å². The number of aromatic amines is 1. The van der Waals surface area contributed by atoms with Gasteiger partial charge in [-0.05, 0) is 37.0 Å². The summed E-state index contributed by atoms with van der Waals surface area (Å²) in [6, 6.07) is 6.22. The van der Waals surface area contributed by atoms with E-state index in [0.29, 0.717) is 30.2 Å². The molecule has 0 saturated carbocycles. The van der Waals surface area contributed by atoms with Crippen molar-refractivity contribution in [1.82, 2.24) is 25.1 Å². The number of nitriles is 1. The molecule has 0 atom stereocenters. The Bertz CT molecular complexity index is 1350. The van der Waals surface area contributed by atoms with Gasteiger partial charge in [-0.2, -0.15) is 10.4 Å². The number of hydrogen-bond acceptors (Lipinski definition) is 6. The van der Waals surface area contributed by atoms with E-state index in [2.05, 4.69) is 49.6 Å². The third kappa shape index (κ3) is 3.17. The summed E-state index contributed by atoms with van der Waals surface area (Å²) in [5, 5.41) is 17.9. The van der Waals surface area contributed by atoms with Crippen LogP contribution in [0.15, 0.2) is 37.3 Å². The number of rotatable bonds is 2. The maximum absolute atomic E-state index is 11.8. The molecule has 2 fully saturated rings. The minimum absolute atomic E-state index is 0.0330. The van der Waals surface area contributed by atoms with Crippen LogP contribution in [-0.2, 0) is 4.79 Å². The minimum atomic E-state index is -0.0330. The van der Waals surface area contributed by atoms with Gasteiger partial charge in [0.25, 0.3) is 0 Å². The van der Waals surface area contributed by atoms with Crippen molar-refractivity contribution < 1.29 is 4.79 Å². The number of anilines is 1. The van der Waals surface area contributed by atoms with Crippen molar-refractivity contribution in [2.45, 2.75) is 13.3 Å². The summed E-state index contributed by atoms with van der Waals surface area (Å²) in [4.78, 5) is 24.4. The molecule has 3 aromatic rings. The van der Waals surface area contributed by atoms with Crippen LogP contribution < -0.4 is 4.90 Å². The SMILES string of the molecule is C=CC(=O)N1CC2(CCN(c3ncnc(C#Cc4c(C)ccc5[nH]ncc45)c3C#N)C2)C1. The average molecular weight is 423 g/mol. The normalized spacial score (nSPS) is 16.4. The van der Waals surface area contributed by atoms with E-state index in [-0.39, 0.29) is 11.3 Å². The van der Waals surface area contributed by atoms with Gasteiger partial charge in [-0.3, -0.25) is 9.89 Å². The maximum atomic E-state index is 11.8. The molecule has 1 amide bonds. The number of benzene rings is 1. The number of H-pyrrole nitrogens is 1. The predicted octanol–water partition coefficient (Wildman–Crippen LogP) is 2.16. The number of hydrogen-bond donors (Lipinski definition) is 1. The summed E-state index contributed by atoms with van der Waals surface area (Å²) < 4.78 is 0. The van der Waals surface area contributed by atoms with E-state index in [1.807, 2.05) is 19.1 Å². The van der Waals surface area contributed by atoms with E-state index < -0.39 is 0 Å². The molecule has 2 saturated heterocycles. The highest BCUT2D eigenvalue weighted by Gasteiger charge is 2.49. The molecule has 0 aliphatic carbocycles. The number of aryl methyl sites for hydroxylation is 1. The molecule has 5 rings (SSSR count). The summed E-state index contributed by atoms with van der Waals surface area (Å²) in [5.74, 6) is 6.85. The Hall–Kier alpha value is -4.17. The fraction of sp³-hybridized carbons (Fsp3) is 0.292. The van der Waals surface area contributed by atoms with E-state index in [1.54, 1.807) is 11.1 Å². The van der Waals surface area contributed by atoms with Gasteiger partial charge in [0.15, 0.2) is 5.82 Å². The van der Waals surface area contributed by atoms with Crippen LogP contribution >= 0.6 is 0 Å². The number of likely N-dealkylation sites (tertiary alicyclic amines) is 1. The van der Waals surface area contributed by atoms with Crippen LogP contribution in [-0.4, -0.2) is 57.2 Å². The molecule has 1 spiro atoms. The van der Waals surface area contributed by atoms with Crippen LogP contribution in [0.4, 0.5) is 5.82 Å². The highest BCUT2D eigenvalue weighted by atomic mass is 16.2. The van der Waals surface area contributed by atoms with Gasteiger partial charge in [0.2, 0.25) is 5.91 Å². The van der Waals surface area contributed by atoms with Crippen molar-refractivity contribution in [3.63, 3.8) is 0 Å². The van der Waals surface area contributed by atoms with Gasteiger partial charge in [0.05, 0.1) is 11.7 Å². The summed E-state index contributed by atoms with van der Waals surface area (Å²) in [5.41, 5.74) is 3.65. The lowest BCUT2D eigenvalue weighted by atomic mass is 9.79. The Kier molecular flexibility index (Phi) is 4.64. The van der Waals surface area contributed by atoms with Gasteiger partial charge in [0, 0.05) is 42.5 Å². The zero-order valence-electron chi connectivity index (χ0n) is 17.7. The second-order valence-electron chi connectivity index (χ2n) is 8.44. The summed E-state index contributed by atoms with van der Waals surface area (Å²) >= 11 is 0. The van der Waals surface area contributed by atoms with E-state index in [1.165, 1.54) is 12.4 Å². The molecule has 2 aromatic heterocycles. The quantitative estimate of drug-likeness (QED) is 0.501. The highest BCUT2D eigenvalue weighted by molar-refractivity contribution is 5.88. The fourth-order valence-corrected chi connectivity index (χ4v) is 4.65. The second-order valence-corrected chi connectivity index (χ2v) is 8.44. The van der Waals surface area contributed by atoms with Gasteiger partial charge in [-0.25, -0.2) is 9.97 Å². The van der Waals surface area contributed by atoms with Crippen LogP contribution in [0.2, 0.25) is 0 Å². The van der Waals surface area contributed by atoms with Crippen molar-refractivity contribution in [3.8, 4) is 17.9 Å². The van der Waals surface area contributed by atoms with Crippen LogP contribution in [0, 0.1) is 35.5 Å². The molecule has 2 aliphatic heterocycles. The van der Waals surface area contributed by atoms with Crippen LogP contribution in [0.1, 0.15) is 28.8 Å². The molecule has 2 aliphatic rings. The average Bonchev–Trinajstić information content (AvgIpc) is 3.44. The first-order valence-corrected chi connectivity index (χ1v) is 10.4. The molecule has 4 heterocycles. The second kappa shape index (κ2) is 7.51. The topological polar surface area (TPSA) is 102 Å². The first kappa shape index (κ1) is 19.8. The van der Waals surface area contributed by atoms with Gasteiger partial charge < -0.3 is 9.80 Å².